The smallest absolute Gasteiger partial charge is 0.326 e. The third kappa shape index (κ3) is 8.29. The van der Waals surface area contributed by atoms with E-state index in [-0.39, 0.29) is 12.8 Å². The minimum absolute atomic E-state index is 0.0611. The first-order valence-corrected chi connectivity index (χ1v) is 11.7. The van der Waals surface area contributed by atoms with E-state index >= 15 is 0 Å². The number of nitrogens with two attached hydrogens (primary N) is 1. The second-order valence-electron chi connectivity index (χ2n) is 8.98. The summed E-state index contributed by atoms with van der Waals surface area (Å²) in [5, 5.41) is 35.9. The van der Waals surface area contributed by atoms with E-state index < -0.39 is 72.8 Å². The number of fused-ring (bicyclic) bond motifs is 1. The molecule has 0 saturated carbocycles. The molecule has 0 saturated heterocycles. The molecule has 13 heteroatoms. The van der Waals surface area contributed by atoms with Crippen LogP contribution in [0.15, 0.2) is 30.5 Å². The number of para-hydroxylation sites is 1. The summed E-state index contributed by atoms with van der Waals surface area (Å²) in [6.07, 6.45) is 0.783. The van der Waals surface area contributed by atoms with Gasteiger partial charge in [0.25, 0.3) is 0 Å². The number of carbonyl (C=O) groups excluding carboxylic acids is 3. The molecule has 202 valence electrons. The lowest BCUT2D eigenvalue weighted by atomic mass is 10.0. The number of aliphatic carboxylic acids is 2. The number of H-pyrrole nitrogens is 1. The van der Waals surface area contributed by atoms with E-state index in [2.05, 4.69) is 20.9 Å². The van der Waals surface area contributed by atoms with Gasteiger partial charge in [-0.25, -0.2) is 4.79 Å². The van der Waals surface area contributed by atoms with Crippen LogP contribution < -0.4 is 21.7 Å². The quantitative estimate of drug-likeness (QED) is 0.154. The average molecular weight is 520 g/mol. The van der Waals surface area contributed by atoms with Crippen LogP contribution in [0.1, 0.15) is 32.3 Å². The maximum Gasteiger partial charge on any atom is 0.326 e. The first kappa shape index (κ1) is 29.3. The number of carboxylic acids is 2. The molecule has 0 aliphatic carbocycles. The van der Waals surface area contributed by atoms with Gasteiger partial charge < -0.3 is 42.0 Å². The Morgan fingerprint density at radius 3 is 2.19 bits per heavy atom. The molecule has 3 amide bonds. The Kier molecular flexibility index (Phi) is 10.6. The Hall–Kier alpha value is -3.97. The van der Waals surface area contributed by atoms with Crippen LogP contribution >= 0.6 is 0 Å². The summed E-state index contributed by atoms with van der Waals surface area (Å²) in [5.74, 6) is -5.44. The van der Waals surface area contributed by atoms with Crippen molar-refractivity contribution in [1.82, 2.24) is 20.9 Å². The number of carboxylic acid groups (broad SMARTS) is 2. The lowest BCUT2D eigenvalue weighted by Gasteiger charge is -2.26. The highest BCUT2D eigenvalue weighted by Gasteiger charge is 2.32. The van der Waals surface area contributed by atoms with Crippen LogP contribution in [0.25, 0.3) is 10.9 Å². The van der Waals surface area contributed by atoms with Crippen molar-refractivity contribution >= 4 is 40.6 Å². The molecule has 0 radical (unpaired) electrons. The third-order valence-corrected chi connectivity index (χ3v) is 5.77. The van der Waals surface area contributed by atoms with Gasteiger partial charge in [0.2, 0.25) is 17.7 Å². The second kappa shape index (κ2) is 13.4. The molecule has 9 N–H and O–H groups in total. The Morgan fingerprint density at radius 2 is 1.59 bits per heavy atom. The van der Waals surface area contributed by atoms with Gasteiger partial charge in [0.05, 0.1) is 6.61 Å². The Balaban J connectivity index is 2.19. The Morgan fingerprint density at radius 1 is 0.946 bits per heavy atom. The molecule has 2 aromatic rings. The fraction of sp³-hybridized carbons (Fsp3) is 0.458. The lowest BCUT2D eigenvalue weighted by Crippen LogP contribution is -2.58. The standard InChI is InChI=1S/C24H33N5O8/c1-12(2)20(29-21(33)15(25)11-30)23(35)27-17(7-8-19(31)32)22(34)28-18(24(36)37)9-13-10-26-16-6-4-3-5-14(13)16/h3-6,10,12,15,17-18,20,26,30H,7-9,11,25H2,1-2H3,(H,27,35)(H,28,34)(H,29,33)(H,31,32)(H,36,37). The van der Waals surface area contributed by atoms with Gasteiger partial charge in [-0.1, -0.05) is 32.0 Å². The maximum absolute atomic E-state index is 13.0. The number of hydrogen-bond donors (Lipinski definition) is 8. The largest absolute Gasteiger partial charge is 0.481 e. The van der Waals surface area contributed by atoms with Gasteiger partial charge in [-0.3, -0.25) is 19.2 Å². The number of aromatic amines is 1. The molecule has 2 rings (SSSR count). The molecule has 0 bridgehead atoms. The average Bonchev–Trinajstić information content (AvgIpc) is 3.26. The van der Waals surface area contributed by atoms with Crippen LogP contribution in [0.3, 0.4) is 0 Å². The van der Waals surface area contributed by atoms with Gasteiger partial charge >= 0.3 is 11.9 Å². The van der Waals surface area contributed by atoms with E-state index in [1.165, 1.54) is 0 Å². The van der Waals surface area contributed by atoms with Crippen LogP contribution in [0.2, 0.25) is 0 Å². The molecule has 0 spiro atoms. The summed E-state index contributed by atoms with van der Waals surface area (Å²) in [6.45, 7) is 2.61. The number of aromatic nitrogens is 1. The van der Waals surface area contributed by atoms with Gasteiger partial charge in [0.1, 0.15) is 24.2 Å². The van der Waals surface area contributed by atoms with Crippen LogP contribution in [0.5, 0.6) is 0 Å². The number of nitrogens with one attached hydrogen (secondary N) is 4. The summed E-state index contributed by atoms with van der Waals surface area (Å²) >= 11 is 0. The number of aliphatic hydroxyl groups excluding tert-OH is 1. The number of carbonyl (C=O) groups is 5. The first-order valence-electron chi connectivity index (χ1n) is 11.7. The first-order chi connectivity index (χ1) is 17.4. The summed E-state index contributed by atoms with van der Waals surface area (Å²) in [6, 6.07) is 2.08. The van der Waals surface area contributed by atoms with Crippen LogP contribution in [-0.4, -0.2) is 80.7 Å². The van der Waals surface area contributed by atoms with Crippen molar-refractivity contribution in [3.05, 3.63) is 36.0 Å². The van der Waals surface area contributed by atoms with Crippen molar-refractivity contribution in [3.8, 4) is 0 Å². The van der Waals surface area contributed by atoms with E-state index in [0.717, 1.165) is 10.9 Å². The van der Waals surface area contributed by atoms with Gasteiger partial charge in [0, 0.05) is 29.9 Å². The van der Waals surface area contributed by atoms with Gasteiger partial charge in [0.15, 0.2) is 0 Å². The molecule has 0 fully saturated rings. The predicted octanol–water partition coefficient (Wildman–Crippen LogP) is -0.910. The van der Waals surface area contributed by atoms with Crippen LogP contribution in [0.4, 0.5) is 0 Å². The molecule has 1 heterocycles. The van der Waals surface area contributed by atoms with Crippen molar-refractivity contribution in [2.24, 2.45) is 11.7 Å². The van der Waals surface area contributed by atoms with Crippen molar-refractivity contribution in [2.45, 2.75) is 57.3 Å². The van der Waals surface area contributed by atoms with E-state index in [1.807, 2.05) is 12.1 Å². The van der Waals surface area contributed by atoms with Crippen molar-refractivity contribution in [1.29, 1.82) is 0 Å². The Labute approximate surface area is 212 Å². The summed E-state index contributed by atoms with van der Waals surface area (Å²) in [5.41, 5.74) is 6.93. The number of rotatable bonds is 14. The zero-order valence-corrected chi connectivity index (χ0v) is 20.6. The van der Waals surface area contributed by atoms with Gasteiger partial charge in [-0.2, -0.15) is 0 Å². The number of amides is 3. The molecule has 1 aromatic carbocycles. The molecule has 0 aliphatic heterocycles. The SMILES string of the molecule is CC(C)C(NC(=O)C(N)CO)C(=O)NC(CCC(=O)O)C(=O)NC(Cc1c[nH]c2ccccc12)C(=O)O. The number of aliphatic hydroxyl groups is 1. The molecule has 4 unspecified atom stereocenters. The third-order valence-electron chi connectivity index (χ3n) is 5.77. The van der Waals surface area contributed by atoms with Crippen molar-refractivity contribution in [3.63, 3.8) is 0 Å². The molecule has 37 heavy (non-hydrogen) atoms. The van der Waals surface area contributed by atoms with Crippen molar-refractivity contribution in [2.75, 3.05) is 6.61 Å². The molecule has 13 nitrogen and oxygen atoms in total. The second-order valence-corrected chi connectivity index (χ2v) is 8.98. The van der Waals surface area contributed by atoms with E-state index in [4.69, 9.17) is 15.9 Å². The number of hydrogen-bond acceptors (Lipinski definition) is 7. The summed E-state index contributed by atoms with van der Waals surface area (Å²) in [7, 11) is 0. The van der Waals surface area contributed by atoms with Gasteiger partial charge in [-0.05, 0) is 24.0 Å². The molecular weight excluding hydrogens is 486 g/mol. The van der Waals surface area contributed by atoms with Crippen LogP contribution in [0, 0.1) is 5.92 Å². The molecule has 1 aromatic heterocycles. The fourth-order valence-corrected chi connectivity index (χ4v) is 3.67. The molecule has 0 aliphatic rings. The van der Waals surface area contributed by atoms with Crippen LogP contribution in [-0.2, 0) is 30.4 Å². The van der Waals surface area contributed by atoms with E-state index in [9.17, 15) is 29.1 Å². The summed E-state index contributed by atoms with van der Waals surface area (Å²) in [4.78, 5) is 64.2. The van der Waals surface area contributed by atoms with E-state index in [0.29, 0.717) is 5.56 Å². The predicted molar refractivity (Wildman–Crippen MR) is 132 cm³/mol. The summed E-state index contributed by atoms with van der Waals surface area (Å²) < 4.78 is 0. The highest BCUT2D eigenvalue weighted by molar-refractivity contribution is 5.94. The normalized spacial score (nSPS) is 14.4. The zero-order chi connectivity index (χ0) is 27.7. The maximum atomic E-state index is 13.0. The molecule has 4 atom stereocenters. The topological polar surface area (TPSA) is 224 Å². The zero-order valence-electron chi connectivity index (χ0n) is 20.6. The number of benzene rings is 1. The fourth-order valence-electron chi connectivity index (χ4n) is 3.67. The van der Waals surface area contributed by atoms with Gasteiger partial charge in [-0.15, -0.1) is 0 Å². The highest BCUT2D eigenvalue weighted by atomic mass is 16.4. The molecular formula is C24H33N5O8. The van der Waals surface area contributed by atoms with E-state index in [1.54, 1.807) is 32.2 Å². The minimum atomic E-state index is -1.39. The Bertz CT molecular complexity index is 1130. The monoisotopic (exact) mass is 519 g/mol. The lowest BCUT2D eigenvalue weighted by molar-refractivity contribution is -0.143. The highest BCUT2D eigenvalue weighted by Crippen LogP contribution is 2.19. The van der Waals surface area contributed by atoms with Crippen molar-refractivity contribution < 1.29 is 39.3 Å². The minimum Gasteiger partial charge on any atom is -0.481 e.